The van der Waals surface area contributed by atoms with Gasteiger partial charge in [0.2, 0.25) is 0 Å². The van der Waals surface area contributed by atoms with Crippen molar-refractivity contribution in [3.63, 3.8) is 0 Å². The van der Waals surface area contributed by atoms with Gasteiger partial charge >= 0.3 is 0 Å². The number of hydrogen-bond donors (Lipinski definition) is 0. The molecule has 2 aromatic rings. The monoisotopic (exact) mass is 426 g/mol. The molecule has 5 rings (SSSR count). The van der Waals surface area contributed by atoms with Crippen LogP contribution in [-0.2, 0) is 0 Å². The summed E-state index contributed by atoms with van der Waals surface area (Å²) in [5, 5.41) is 0. The molecule has 0 saturated heterocycles. The van der Waals surface area contributed by atoms with Gasteiger partial charge in [-0.25, -0.2) is 9.97 Å². The van der Waals surface area contributed by atoms with E-state index in [1.165, 1.54) is 25.7 Å². The molecule has 0 N–H and O–H groups in total. The van der Waals surface area contributed by atoms with E-state index in [-0.39, 0.29) is 24.2 Å². The quantitative estimate of drug-likeness (QED) is 0.622. The molecule has 3 heterocycles. The van der Waals surface area contributed by atoms with Crippen LogP contribution in [-0.4, -0.2) is 59.0 Å². The Kier molecular flexibility index (Phi) is 6.56. The molecule has 1 aliphatic heterocycles. The zero-order chi connectivity index (χ0) is 21.6. The van der Waals surface area contributed by atoms with Crippen LogP contribution < -0.4 is 0 Å². The molecule has 2 aromatic heterocycles. The molecular weight excluding hydrogens is 396 g/mol. The van der Waals surface area contributed by atoms with Gasteiger partial charge in [0, 0.05) is 24.9 Å². The van der Waals surface area contributed by atoms with Gasteiger partial charge in [0.1, 0.15) is 0 Å². The minimum absolute atomic E-state index is 0.186. The second kappa shape index (κ2) is 10.1. The molecule has 2 saturated carbocycles. The normalized spacial score (nSPS) is 27.8. The van der Waals surface area contributed by atoms with Crippen LogP contribution >= 0.6 is 0 Å². The molecule has 2 fully saturated rings. The first-order chi connectivity index (χ1) is 15.8. The first-order valence-electron chi connectivity index (χ1n) is 11.9. The summed E-state index contributed by atoms with van der Waals surface area (Å²) in [5.74, 6) is 0. The Morgan fingerprint density at radius 3 is 1.00 bits per heavy atom. The maximum Gasteiger partial charge on any atom is 0.0815 e. The molecule has 6 heteroatoms. The summed E-state index contributed by atoms with van der Waals surface area (Å²) in [7, 11) is 0. The molecule has 0 amide bonds. The van der Waals surface area contributed by atoms with E-state index in [2.05, 4.69) is 0 Å². The third kappa shape index (κ3) is 5.23. The van der Waals surface area contributed by atoms with Crippen LogP contribution in [0.3, 0.4) is 0 Å². The summed E-state index contributed by atoms with van der Waals surface area (Å²) < 4.78 is 0. The average molecular weight is 427 g/mol. The Balaban J connectivity index is 1.51. The Bertz CT molecular complexity index is 882. The Morgan fingerprint density at radius 2 is 0.719 bits per heavy atom. The lowest BCUT2D eigenvalue weighted by molar-refractivity contribution is 0.390. The summed E-state index contributed by atoms with van der Waals surface area (Å²) in [4.78, 5) is 29.1. The molecule has 32 heavy (non-hydrogen) atoms. The van der Waals surface area contributed by atoms with E-state index in [9.17, 15) is 0 Å². The standard InChI is InChI=1S/C26H30N6/c1-2-12-24-23(11-1)27-15-19-7-5-9-21(31-19)17-29-25-13-3-4-14-26(25)30-18-22-10-6-8-20(32-22)16-28-24/h5-10,15-18,23-26H,1-4,11-14H2/t23-,24-,25-,26-/m1/s1. The fourth-order valence-electron chi connectivity index (χ4n) is 4.79. The largest absolute Gasteiger partial charge is 0.285 e. The van der Waals surface area contributed by atoms with Crippen LogP contribution in [0.5, 0.6) is 0 Å². The van der Waals surface area contributed by atoms with E-state index < -0.39 is 0 Å². The van der Waals surface area contributed by atoms with Crippen LogP contribution in [0.15, 0.2) is 56.4 Å². The molecule has 0 aromatic carbocycles. The van der Waals surface area contributed by atoms with Gasteiger partial charge in [-0.2, -0.15) is 0 Å². The highest BCUT2D eigenvalue weighted by molar-refractivity contribution is 5.83. The summed E-state index contributed by atoms with van der Waals surface area (Å²) in [6.07, 6.45) is 16.6. The van der Waals surface area contributed by atoms with E-state index in [0.29, 0.717) is 0 Å². The number of pyridine rings is 2. The minimum Gasteiger partial charge on any atom is -0.285 e. The molecule has 6 nitrogen and oxygen atoms in total. The Hall–Kier alpha value is -3.02. The number of aliphatic imine (C=N–C) groups is 4. The van der Waals surface area contributed by atoms with E-state index in [1.54, 1.807) is 0 Å². The van der Waals surface area contributed by atoms with Crippen LogP contribution in [0.4, 0.5) is 0 Å². The van der Waals surface area contributed by atoms with E-state index in [1.807, 2.05) is 61.3 Å². The molecule has 0 radical (unpaired) electrons. The average Bonchev–Trinajstić information content (AvgIpc) is 2.85. The summed E-state index contributed by atoms with van der Waals surface area (Å²) in [6.45, 7) is 0. The number of nitrogens with zero attached hydrogens (tertiary/aromatic N) is 6. The minimum atomic E-state index is 0.186. The van der Waals surface area contributed by atoms with Crippen molar-refractivity contribution in [2.45, 2.75) is 75.5 Å². The Labute approximate surface area is 189 Å². The predicted octanol–water partition coefficient (Wildman–Crippen LogP) is 4.49. The van der Waals surface area contributed by atoms with Crippen molar-refractivity contribution in [3.05, 3.63) is 59.2 Å². The van der Waals surface area contributed by atoms with Crippen molar-refractivity contribution in [3.8, 4) is 0 Å². The lowest BCUT2D eigenvalue weighted by Crippen LogP contribution is -2.27. The zero-order valence-electron chi connectivity index (χ0n) is 18.4. The zero-order valence-corrected chi connectivity index (χ0v) is 18.4. The van der Waals surface area contributed by atoms with Gasteiger partial charge in [0.05, 0.1) is 46.9 Å². The third-order valence-corrected chi connectivity index (χ3v) is 6.57. The molecular formula is C26H30N6. The molecule has 3 aliphatic rings. The molecule has 0 spiro atoms. The maximum atomic E-state index is 4.89. The number of rotatable bonds is 0. The van der Waals surface area contributed by atoms with Gasteiger partial charge in [0.25, 0.3) is 0 Å². The highest BCUT2D eigenvalue weighted by Gasteiger charge is 2.24. The summed E-state index contributed by atoms with van der Waals surface area (Å²) in [6, 6.07) is 12.8. The molecule has 2 aliphatic carbocycles. The van der Waals surface area contributed by atoms with Crippen LogP contribution in [0.25, 0.3) is 0 Å². The van der Waals surface area contributed by atoms with Crippen LogP contribution in [0.1, 0.15) is 74.1 Å². The molecule has 4 atom stereocenters. The van der Waals surface area contributed by atoms with Crippen molar-refractivity contribution in [1.82, 2.24) is 9.97 Å². The van der Waals surface area contributed by atoms with Gasteiger partial charge in [-0.1, -0.05) is 37.8 Å². The summed E-state index contributed by atoms with van der Waals surface area (Å²) >= 11 is 0. The Morgan fingerprint density at radius 1 is 0.438 bits per heavy atom. The van der Waals surface area contributed by atoms with Gasteiger partial charge < -0.3 is 0 Å². The highest BCUT2D eigenvalue weighted by Crippen LogP contribution is 2.25. The van der Waals surface area contributed by atoms with Crippen molar-refractivity contribution < 1.29 is 0 Å². The predicted molar refractivity (Wildman–Crippen MR) is 131 cm³/mol. The van der Waals surface area contributed by atoms with Crippen LogP contribution in [0, 0.1) is 0 Å². The van der Waals surface area contributed by atoms with Crippen molar-refractivity contribution >= 4 is 24.9 Å². The SMILES string of the molecule is C1=N[C@@H]2CCCC[C@H]2N=Cc2cccc(n2)C=N[C@@H]2CCCC[C@H]2N=Cc2cccc1n2. The second-order valence-corrected chi connectivity index (χ2v) is 8.93. The van der Waals surface area contributed by atoms with Crippen molar-refractivity contribution in [2.75, 3.05) is 0 Å². The first kappa shape index (κ1) is 20.9. The van der Waals surface area contributed by atoms with Gasteiger partial charge in [0.15, 0.2) is 0 Å². The maximum absolute atomic E-state index is 4.89. The number of hydrogen-bond acceptors (Lipinski definition) is 6. The number of aromatic nitrogens is 2. The van der Waals surface area contributed by atoms with Crippen LogP contribution in [0.2, 0.25) is 0 Å². The van der Waals surface area contributed by atoms with Crippen molar-refractivity contribution in [2.24, 2.45) is 20.0 Å². The molecule has 4 bridgehead atoms. The number of fused-ring (bicyclic) bond motifs is 6. The fourth-order valence-corrected chi connectivity index (χ4v) is 4.79. The molecule has 0 unspecified atom stereocenters. The second-order valence-electron chi connectivity index (χ2n) is 8.93. The van der Waals surface area contributed by atoms with Gasteiger partial charge in [-0.05, 0) is 49.9 Å². The lowest BCUT2D eigenvalue weighted by atomic mass is 9.91. The lowest BCUT2D eigenvalue weighted by Gasteiger charge is -2.25. The van der Waals surface area contributed by atoms with Gasteiger partial charge in [-0.3, -0.25) is 20.0 Å². The topological polar surface area (TPSA) is 75.2 Å². The van der Waals surface area contributed by atoms with Crippen molar-refractivity contribution in [1.29, 1.82) is 0 Å². The van der Waals surface area contributed by atoms with E-state index in [4.69, 9.17) is 29.9 Å². The van der Waals surface area contributed by atoms with E-state index >= 15 is 0 Å². The third-order valence-electron chi connectivity index (χ3n) is 6.57. The highest BCUT2D eigenvalue weighted by atomic mass is 14.9. The van der Waals surface area contributed by atoms with E-state index in [0.717, 1.165) is 48.5 Å². The summed E-state index contributed by atoms with van der Waals surface area (Å²) in [5.41, 5.74) is 3.49. The fraction of sp³-hybridized carbons (Fsp3) is 0.462. The smallest absolute Gasteiger partial charge is 0.0815 e. The first-order valence-corrected chi connectivity index (χ1v) is 11.9. The van der Waals surface area contributed by atoms with Gasteiger partial charge in [-0.15, -0.1) is 0 Å². The molecule has 164 valence electrons.